The van der Waals surface area contributed by atoms with Crippen LogP contribution < -0.4 is 10.6 Å². The zero-order chi connectivity index (χ0) is 18.4. The van der Waals surface area contributed by atoms with Gasteiger partial charge in [0.05, 0.1) is 12.1 Å². The summed E-state index contributed by atoms with van der Waals surface area (Å²) in [6.45, 7) is 3.40. The Hall–Kier alpha value is -2.37. The lowest BCUT2D eigenvalue weighted by Gasteiger charge is -2.12. The Kier molecular flexibility index (Phi) is 6.56. The van der Waals surface area contributed by atoms with Crippen molar-refractivity contribution >= 4 is 23.5 Å². The Labute approximate surface area is 148 Å². The number of amides is 2. The van der Waals surface area contributed by atoms with E-state index in [1.54, 1.807) is 19.9 Å². The van der Waals surface area contributed by atoms with E-state index in [2.05, 4.69) is 10.6 Å². The van der Waals surface area contributed by atoms with Crippen LogP contribution in [0.25, 0.3) is 0 Å². The number of carboxylic acid groups (broad SMARTS) is 1. The first-order valence-electron chi connectivity index (χ1n) is 8.78. The first-order valence-corrected chi connectivity index (χ1v) is 8.78. The van der Waals surface area contributed by atoms with E-state index in [1.807, 2.05) is 0 Å². The SMILES string of the molecule is Cc1cc(C)c(C(=O)O)cc1NC(=O)CNC(=O)CCC1CCCC1. The maximum Gasteiger partial charge on any atom is 0.336 e. The van der Waals surface area contributed by atoms with Gasteiger partial charge in [-0.3, -0.25) is 9.59 Å². The first kappa shape index (κ1) is 19.0. The number of carboxylic acids is 1. The van der Waals surface area contributed by atoms with Gasteiger partial charge in [0.2, 0.25) is 11.8 Å². The van der Waals surface area contributed by atoms with E-state index in [0.29, 0.717) is 23.6 Å². The van der Waals surface area contributed by atoms with Crippen LogP contribution in [0.15, 0.2) is 12.1 Å². The van der Waals surface area contributed by atoms with Gasteiger partial charge in [-0.15, -0.1) is 0 Å². The van der Waals surface area contributed by atoms with Gasteiger partial charge in [-0.1, -0.05) is 31.7 Å². The second-order valence-corrected chi connectivity index (χ2v) is 6.80. The normalized spacial score (nSPS) is 14.3. The van der Waals surface area contributed by atoms with Crippen molar-refractivity contribution in [2.24, 2.45) is 5.92 Å². The molecule has 0 unspecified atom stereocenters. The Morgan fingerprint density at radius 1 is 1.08 bits per heavy atom. The van der Waals surface area contributed by atoms with Crippen LogP contribution in [0.4, 0.5) is 5.69 Å². The number of carbonyl (C=O) groups is 3. The van der Waals surface area contributed by atoms with E-state index in [1.165, 1.54) is 31.7 Å². The molecule has 0 aliphatic heterocycles. The molecule has 0 aromatic heterocycles. The van der Waals surface area contributed by atoms with Gasteiger partial charge in [0, 0.05) is 12.1 Å². The highest BCUT2D eigenvalue weighted by molar-refractivity contribution is 5.97. The van der Waals surface area contributed by atoms with E-state index in [9.17, 15) is 19.5 Å². The highest BCUT2D eigenvalue weighted by Gasteiger charge is 2.17. The van der Waals surface area contributed by atoms with Crippen LogP contribution in [-0.4, -0.2) is 29.4 Å². The number of benzene rings is 1. The fraction of sp³-hybridized carbons (Fsp3) is 0.526. The summed E-state index contributed by atoms with van der Waals surface area (Å²) in [6, 6.07) is 3.17. The van der Waals surface area contributed by atoms with Crippen LogP contribution >= 0.6 is 0 Å². The molecule has 136 valence electrons. The molecule has 6 nitrogen and oxygen atoms in total. The number of aromatic carboxylic acids is 1. The molecule has 0 atom stereocenters. The number of nitrogens with one attached hydrogen (secondary N) is 2. The van der Waals surface area contributed by atoms with Crippen molar-refractivity contribution < 1.29 is 19.5 Å². The fourth-order valence-corrected chi connectivity index (χ4v) is 3.31. The number of anilines is 1. The third kappa shape index (κ3) is 5.59. The molecule has 25 heavy (non-hydrogen) atoms. The van der Waals surface area contributed by atoms with Gasteiger partial charge in [0.15, 0.2) is 0 Å². The molecule has 1 fully saturated rings. The second kappa shape index (κ2) is 8.65. The third-order valence-corrected chi connectivity index (χ3v) is 4.78. The summed E-state index contributed by atoms with van der Waals surface area (Å²) >= 11 is 0. The Bertz CT molecular complexity index is 664. The largest absolute Gasteiger partial charge is 0.478 e. The van der Waals surface area contributed by atoms with Crippen LogP contribution in [0.1, 0.15) is 60.0 Å². The van der Waals surface area contributed by atoms with E-state index < -0.39 is 5.97 Å². The average molecular weight is 346 g/mol. The van der Waals surface area contributed by atoms with Crippen molar-refractivity contribution in [3.05, 3.63) is 28.8 Å². The lowest BCUT2D eigenvalue weighted by Crippen LogP contribution is -2.33. The zero-order valence-corrected chi connectivity index (χ0v) is 14.9. The summed E-state index contributed by atoms with van der Waals surface area (Å²) in [6.07, 6.45) is 6.24. The fourth-order valence-electron chi connectivity index (χ4n) is 3.31. The number of carbonyl (C=O) groups excluding carboxylic acids is 2. The zero-order valence-electron chi connectivity index (χ0n) is 14.9. The van der Waals surface area contributed by atoms with Crippen molar-refractivity contribution in [2.75, 3.05) is 11.9 Å². The van der Waals surface area contributed by atoms with E-state index >= 15 is 0 Å². The molecular weight excluding hydrogens is 320 g/mol. The highest BCUT2D eigenvalue weighted by Crippen LogP contribution is 2.28. The summed E-state index contributed by atoms with van der Waals surface area (Å²) in [5.74, 6) is -0.871. The first-order chi connectivity index (χ1) is 11.9. The minimum absolute atomic E-state index is 0.112. The van der Waals surface area contributed by atoms with Gasteiger partial charge in [0.25, 0.3) is 0 Å². The second-order valence-electron chi connectivity index (χ2n) is 6.80. The van der Waals surface area contributed by atoms with E-state index in [0.717, 1.165) is 12.0 Å². The smallest absolute Gasteiger partial charge is 0.336 e. The molecule has 6 heteroatoms. The molecule has 0 radical (unpaired) electrons. The molecule has 0 spiro atoms. The summed E-state index contributed by atoms with van der Waals surface area (Å²) in [5, 5.41) is 14.5. The predicted octanol–water partition coefficient (Wildman–Crippen LogP) is 3.03. The van der Waals surface area contributed by atoms with Gasteiger partial charge in [-0.25, -0.2) is 4.79 Å². The monoisotopic (exact) mass is 346 g/mol. The van der Waals surface area contributed by atoms with Crippen molar-refractivity contribution in [2.45, 2.75) is 52.4 Å². The topological polar surface area (TPSA) is 95.5 Å². The van der Waals surface area contributed by atoms with Crippen LogP contribution in [0.5, 0.6) is 0 Å². The summed E-state index contributed by atoms with van der Waals surface area (Å²) in [4.78, 5) is 35.1. The van der Waals surface area contributed by atoms with Crippen LogP contribution in [0.3, 0.4) is 0 Å². The molecule has 1 saturated carbocycles. The predicted molar refractivity (Wildman–Crippen MR) is 95.7 cm³/mol. The van der Waals surface area contributed by atoms with Gasteiger partial charge in [-0.05, 0) is 43.4 Å². The molecule has 3 N–H and O–H groups in total. The van der Waals surface area contributed by atoms with Crippen molar-refractivity contribution in [3.63, 3.8) is 0 Å². The summed E-state index contributed by atoms with van der Waals surface area (Å²) < 4.78 is 0. The summed E-state index contributed by atoms with van der Waals surface area (Å²) in [5.41, 5.74) is 2.03. The van der Waals surface area contributed by atoms with Crippen LogP contribution in [0, 0.1) is 19.8 Å². The molecule has 0 heterocycles. The third-order valence-electron chi connectivity index (χ3n) is 4.78. The maximum atomic E-state index is 12.0. The maximum absolute atomic E-state index is 12.0. The number of hydrogen-bond donors (Lipinski definition) is 3. The highest BCUT2D eigenvalue weighted by atomic mass is 16.4. The van der Waals surface area contributed by atoms with Crippen molar-refractivity contribution in [1.29, 1.82) is 0 Å². The number of rotatable bonds is 7. The Morgan fingerprint density at radius 2 is 1.76 bits per heavy atom. The molecule has 2 amide bonds. The molecule has 1 aliphatic carbocycles. The molecule has 1 aliphatic rings. The Morgan fingerprint density at radius 3 is 2.40 bits per heavy atom. The van der Waals surface area contributed by atoms with Gasteiger partial charge < -0.3 is 15.7 Å². The molecule has 0 saturated heterocycles. The number of hydrogen-bond acceptors (Lipinski definition) is 3. The lowest BCUT2D eigenvalue weighted by molar-refractivity contribution is -0.124. The van der Waals surface area contributed by atoms with Gasteiger partial charge >= 0.3 is 5.97 Å². The molecule has 0 bridgehead atoms. The molecule has 1 aromatic carbocycles. The standard InChI is InChI=1S/C19H26N2O4/c1-12-9-13(2)16(10-15(12)19(24)25)21-18(23)11-20-17(22)8-7-14-5-3-4-6-14/h9-10,14H,3-8,11H2,1-2H3,(H,20,22)(H,21,23)(H,24,25). The minimum Gasteiger partial charge on any atom is -0.478 e. The summed E-state index contributed by atoms with van der Waals surface area (Å²) in [7, 11) is 0. The van der Waals surface area contributed by atoms with E-state index in [4.69, 9.17) is 0 Å². The average Bonchev–Trinajstić information content (AvgIpc) is 3.06. The number of aryl methyl sites for hydroxylation is 2. The Balaban J connectivity index is 1.82. The van der Waals surface area contributed by atoms with Crippen LogP contribution in [0.2, 0.25) is 0 Å². The van der Waals surface area contributed by atoms with Gasteiger partial charge in [0.1, 0.15) is 0 Å². The van der Waals surface area contributed by atoms with E-state index in [-0.39, 0.29) is 23.9 Å². The van der Waals surface area contributed by atoms with Crippen molar-refractivity contribution in [3.8, 4) is 0 Å². The minimum atomic E-state index is -1.03. The lowest BCUT2D eigenvalue weighted by atomic mass is 10.0. The molecule has 1 aromatic rings. The quantitative estimate of drug-likeness (QED) is 0.707. The van der Waals surface area contributed by atoms with Crippen LogP contribution in [-0.2, 0) is 9.59 Å². The molecule has 2 rings (SSSR count). The van der Waals surface area contributed by atoms with Crippen molar-refractivity contribution in [1.82, 2.24) is 5.32 Å². The van der Waals surface area contributed by atoms with Gasteiger partial charge in [-0.2, -0.15) is 0 Å². The molecular formula is C19H26N2O4.